The van der Waals surface area contributed by atoms with Crippen LogP contribution in [0.4, 0.5) is 4.39 Å². The van der Waals surface area contributed by atoms with Crippen LogP contribution < -0.4 is 0 Å². The maximum Gasteiger partial charge on any atom is 0.256 e. The van der Waals surface area contributed by atoms with Crippen molar-refractivity contribution in [3.8, 4) is 5.69 Å². The quantitative estimate of drug-likeness (QED) is 0.338. The number of halogens is 1. The Bertz CT molecular complexity index is 1440. The molecule has 0 saturated carbocycles. The predicted molar refractivity (Wildman–Crippen MR) is 165 cm³/mol. The molecule has 5 rings (SSSR count). The number of fused-ring (bicyclic) bond motifs is 1. The number of likely N-dealkylation sites (tertiary alicyclic amines) is 2. The SMILES string of the molecule is CC[C@H](C1CCN(C(C)=O)CC1)N1CC[C@@H](Cc2cn(-c3ccc(F)cc3C(=O)N(C)C(C)C)c3cncc(C)c23)C1. The van der Waals surface area contributed by atoms with Crippen molar-refractivity contribution >= 4 is 22.7 Å². The third kappa shape index (κ3) is 5.96. The van der Waals surface area contributed by atoms with Crippen LogP contribution in [0.5, 0.6) is 0 Å². The first-order valence-electron chi connectivity index (χ1n) is 15.6. The molecule has 0 N–H and O–H groups in total. The molecule has 7 nitrogen and oxygen atoms in total. The van der Waals surface area contributed by atoms with Gasteiger partial charge >= 0.3 is 0 Å². The van der Waals surface area contributed by atoms with Gasteiger partial charge in [0.05, 0.1) is 23.0 Å². The molecule has 3 aromatic rings. The molecule has 0 aliphatic carbocycles. The number of amides is 2. The lowest BCUT2D eigenvalue weighted by Gasteiger charge is -2.39. The van der Waals surface area contributed by atoms with E-state index in [1.165, 1.54) is 23.1 Å². The maximum absolute atomic E-state index is 14.4. The number of nitrogens with zero attached hydrogens (tertiary/aromatic N) is 5. The summed E-state index contributed by atoms with van der Waals surface area (Å²) < 4.78 is 16.5. The first kappa shape index (κ1) is 30.2. The van der Waals surface area contributed by atoms with Crippen molar-refractivity contribution in [1.29, 1.82) is 0 Å². The van der Waals surface area contributed by atoms with Gasteiger partial charge in [-0.3, -0.25) is 19.5 Å². The van der Waals surface area contributed by atoms with Gasteiger partial charge in [-0.1, -0.05) is 6.92 Å². The molecular weight excluding hydrogens is 529 g/mol. The molecule has 0 unspecified atom stereocenters. The Balaban J connectivity index is 1.40. The Morgan fingerprint density at radius 3 is 2.52 bits per heavy atom. The summed E-state index contributed by atoms with van der Waals surface area (Å²) >= 11 is 0. The van der Waals surface area contributed by atoms with Crippen LogP contribution in [0.1, 0.15) is 74.9 Å². The van der Waals surface area contributed by atoms with E-state index in [2.05, 4.69) is 29.9 Å². The molecule has 2 aromatic heterocycles. The molecule has 2 saturated heterocycles. The minimum atomic E-state index is -0.422. The van der Waals surface area contributed by atoms with Gasteiger partial charge in [0.2, 0.25) is 5.91 Å². The number of hydrogen-bond acceptors (Lipinski definition) is 4. The second-order valence-corrected chi connectivity index (χ2v) is 12.7. The number of rotatable bonds is 8. The number of hydrogen-bond donors (Lipinski definition) is 0. The summed E-state index contributed by atoms with van der Waals surface area (Å²) in [6.07, 6.45) is 11.3. The summed E-state index contributed by atoms with van der Waals surface area (Å²) in [5.74, 6) is 0.738. The lowest BCUT2D eigenvalue weighted by Crippen LogP contribution is -2.45. The van der Waals surface area contributed by atoms with Gasteiger partial charge in [0, 0.05) is 63.5 Å². The Morgan fingerprint density at radius 2 is 1.86 bits per heavy atom. The number of benzene rings is 1. The van der Waals surface area contributed by atoms with Crippen molar-refractivity contribution in [2.45, 2.75) is 78.8 Å². The minimum absolute atomic E-state index is 0.00608. The highest BCUT2D eigenvalue weighted by Gasteiger charge is 2.34. The van der Waals surface area contributed by atoms with E-state index in [1.54, 1.807) is 24.9 Å². The van der Waals surface area contributed by atoms with Crippen molar-refractivity contribution in [3.05, 3.63) is 59.3 Å². The standard InChI is InChI=1S/C34H46FN5O2/c1-7-30(26-11-14-38(15-12-26)24(5)41)39-13-10-25(20-39)16-27-21-40(32-19-36-18-23(4)33(27)32)31-9-8-28(35)17-29(31)34(42)37(6)22(2)3/h8-9,17-19,21-22,25-26,30H,7,10-16,20H2,1-6H3/t25-,30+/m0/s1. The molecule has 8 heteroatoms. The fraction of sp³-hybridized carbons (Fsp3) is 0.559. The van der Waals surface area contributed by atoms with Crippen LogP contribution in [0.25, 0.3) is 16.6 Å². The van der Waals surface area contributed by atoms with E-state index in [4.69, 9.17) is 0 Å². The predicted octanol–water partition coefficient (Wildman–Crippen LogP) is 5.85. The largest absolute Gasteiger partial charge is 0.343 e. The van der Waals surface area contributed by atoms with Crippen LogP contribution >= 0.6 is 0 Å². The monoisotopic (exact) mass is 575 g/mol. The summed E-state index contributed by atoms with van der Waals surface area (Å²) in [6.45, 7) is 13.9. The second kappa shape index (κ2) is 12.5. The normalized spacial score (nSPS) is 19.1. The van der Waals surface area contributed by atoms with Gasteiger partial charge in [-0.05, 0) is 101 Å². The average Bonchev–Trinajstić information content (AvgIpc) is 3.58. The molecule has 0 bridgehead atoms. The zero-order valence-electron chi connectivity index (χ0n) is 26.1. The molecule has 4 heterocycles. The molecule has 42 heavy (non-hydrogen) atoms. The molecule has 2 amide bonds. The van der Waals surface area contributed by atoms with E-state index in [9.17, 15) is 14.0 Å². The maximum atomic E-state index is 14.4. The average molecular weight is 576 g/mol. The van der Waals surface area contributed by atoms with E-state index >= 15 is 0 Å². The Hall–Kier alpha value is -3.26. The fourth-order valence-corrected chi connectivity index (χ4v) is 7.24. The third-order valence-corrected chi connectivity index (χ3v) is 9.77. The van der Waals surface area contributed by atoms with Crippen LogP contribution in [0.3, 0.4) is 0 Å². The van der Waals surface area contributed by atoms with E-state index in [0.29, 0.717) is 29.1 Å². The van der Waals surface area contributed by atoms with Gasteiger partial charge in [-0.2, -0.15) is 0 Å². The Labute approximate surface area is 249 Å². The second-order valence-electron chi connectivity index (χ2n) is 12.7. The highest BCUT2D eigenvalue weighted by Crippen LogP contribution is 2.35. The highest BCUT2D eigenvalue weighted by molar-refractivity contribution is 5.99. The lowest BCUT2D eigenvalue weighted by atomic mass is 9.87. The molecule has 2 aliphatic heterocycles. The summed E-state index contributed by atoms with van der Waals surface area (Å²) in [5, 5.41) is 1.17. The molecule has 0 radical (unpaired) electrons. The smallest absolute Gasteiger partial charge is 0.256 e. The zero-order chi connectivity index (χ0) is 30.1. The zero-order valence-corrected chi connectivity index (χ0v) is 26.1. The number of piperidine rings is 1. The molecular formula is C34H46FN5O2. The minimum Gasteiger partial charge on any atom is -0.343 e. The Morgan fingerprint density at radius 1 is 1.12 bits per heavy atom. The number of aryl methyl sites for hydroxylation is 1. The molecule has 2 atom stereocenters. The van der Waals surface area contributed by atoms with Gasteiger partial charge in [0.25, 0.3) is 5.91 Å². The molecule has 2 aliphatic rings. The molecule has 1 aromatic carbocycles. The van der Waals surface area contributed by atoms with Gasteiger partial charge in [-0.25, -0.2) is 4.39 Å². The van der Waals surface area contributed by atoms with Crippen molar-refractivity contribution < 1.29 is 14.0 Å². The topological polar surface area (TPSA) is 61.7 Å². The number of aromatic nitrogens is 2. The van der Waals surface area contributed by atoms with Crippen molar-refractivity contribution in [3.63, 3.8) is 0 Å². The van der Waals surface area contributed by atoms with Crippen LogP contribution in [-0.2, 0) is 11.2 Å². The van der Waals surface area contributed by atoms with E-state index in [1.807, 2.05) is 35.7 Å². The van der Waals surface area contributed by atoms with Gasteiger partial charge in [-0.15, -0.1) is 0 Å². The first-order chi connectivity index (χ1) is 20.1. The molecule has 226 valence electrons. The van der Waals surface area contributed by atoms with Gasteiger partial charge in [0.1, 0.15) is 5.82 Å². The number of carbonyl (C=O) groups is 2. The van der Waals surface area contributed by atoms with Crippen LogP contribution in [0, 0.1) is 24.6 Å². The summed E-state index contributed by atoms with van der Waals surface area (Å²) in [6, 6.07) is 5.04. The third-order valence-electron chi connectivity index (χ3n) is 9.77. The fourth-order valence-electron chi connectivity index (χ4n) is 7.24. The molecule has 0 spiro atoms. The van der Waals surface area contributed by atoms with E-state index in [0.717, 1.165) is 69.4 Å². The highest BCUT2D eigenvalue weighted by atomic mass is 19.1. The first-order valence-corrected chi connectivity index (χ1v) is 15.6. The van der Waals surface area contributed by atoms with Crippen molar-refractivity contribution in [2.24, 2.45) is 11.8 Å². The number of carbonyl (C=O) groups excluding carboxylic acids is 2. The summed E-state index contributed by atoms with van der Waals surface area (Å²) in [7, 11) is 1.76. The van der Waals surface area contributed by atoms with E-state index < -0.39 is 5.82 Å². The van der Waals surface area contributed by atoms with Crippen LogP contribution in [0.2, 0.25) is 0 Å². The van der Waals surface area contributed by atoms with Gasteiger partial charge < -0.3 is 14.4 Å². The van der Waals surface area contributed by atoms with Crippen molar-refractivity contribution in [1.82, 2.24) is 24.3 Å². The number of pyridine rings is 1. The van der Waals surface area contributed by atoms with Crippen LogP contribution in [0.15, 0.2) is 36.8 Å². The summed E-state index contributed by atoms with van der Waals surface area (Å²) in [4.78, 5) is 36.1. The van der Waals surface area contributed by atoms with E-state index in [-0.39, 0.29) is 17.9 Å². The molecule has 2 fully saturated rings. The van der Waals surface area contributed by atoms with Gasteiger partial charge in [0.15, 0.2) is 0 Å². The van der Waals surface area contributed by atoms with Crippen molar-refractivity contribution in [2.75, 3.05) is 33.2 Å². The lowest BCUT2D eigenvalue weighted by molar-refractivity contribution is -0.130. The Kier molecular flexibility index (Phi) is 9.02. The summed E-state index contributed by atoms with van der Waals surface area (Å²) in [5.41, 5.74) is 4.32. The van der Waals surface area contributed by atoms with Crippen LogP contribution in [-0.4, -0.2) is 81.4 Å².